The largest absolute Gasteiger partial charge is 0.478 e. The molecular formula is C13H16BrNO3. The summed E-state index contributed by atoms with van der Waals surface area (Å²) in [6.45, 7) is 3.69. The van der Waals surface area contributed by atoms with Crippen LogP contribution in [0, 0.1) is 5.92 Å². The summed E-state index contributed by atoms with van der Waals surface area (Å²) in [6, 6.07) is 5.40. The van der Waals surface area contributed by atoms with Crippen molar-refractivity contribution in [2.24, 2.45) is 5.92 Å². The normalized spacial score (nSPS) is 23.7. The second-order valence-corrected chi connectivity index (χ2v) is 5.45. The average molecular weight is 314 g/mol. The lowest BCUT2D eigenvalue weighted by atomic mass is 9.97. The molecule has 1 aliphatic rings. The Morgan fingerprint density at radius 1 is 1.56 bits per heavy atom. The summed E-state index contributed by atoms with van der Waals surface area (Å²) in [5.74, 6) is -0.466. The van der Waals surface area contributed by atoms with Gasteiger partial charge in [-0.05, 0) is 46.5 Å². The van der Waals surface area contributed by atoms with Crippen LogP contribution in [-0.4, -0.2) is 30.3 Å². The van der Waals surface area contributed by atoms with Crippen LogP contribution in [0.3, 0.4) is 0 Å². The van der Waals surface area contributed by atoms with Gasteiger partial charge in [0.2, 0.25) is 0 Å². The van der Waals surface area contributed by atoms with Gasteiger partial charge in [0.25, 0.3) is 0 Å². The number of hydrogen-bond acceptors (Lipinski definition) is 3. The highest BCUT2D eigenvalue weighted by molar-refractivity contribution is 9.10. The lowest BCUT2D eigenvalue weighted by Gasteiger charge is -2.30. The van der Waals surface area contributed by atoms with E-state index in [1.165, 1.54) is 0 Å². The first kappa shape index (κ1) is 13.4. The topological polar surface area (TPSA) is 58.6 Å². The van der Waals surface area contributed by atoms with E-state index in [-0.39, 0.29) is 5.56 Å². The van der Waals surface area contributed by atoms with E-state index in [9.17, 15) is 4.79 Å². The Bertz CT molecular complexity index is 450. The molecule has 98 valence electrons. The molecule has 5 heteroatoms. The minimum absolute atomic E-state index is 0.285. The second kappa shape index (κ2) is 5.71. The zero-order valence-electron chi connectivity index (χ0n) is 10.1. The zero-order valence-corrected chi connectivity index (χ0v) is 11.7. The maximum Gasteiger partial charge on any atom is 0.335 e. The molecule has 1 aromatic rings. The molecule has 2 atom stereocenters. The molecule has 0 aliphatic carbocycles. The molecule has 2 unspecified atom stereocenters. The first-order chi connectivity index (χ1) is 8.58. The van der Waals surface area contributed by atoms with E-state index in [4.69, 9.17) is 9.84 Å². The lowest BCUT2D eigenvalue weighted by molar-refractivity contribution is 0.0537. The number of anilines is 1. The molecule has 4 nitrogen and oxygen atoms in total. The van der Waals surface area contributed by atoms with Gasteiger partial charge in [-0.3, -0.25) is 0 Å². The second-order valence-electron chi connectivity index (χ2n) is 4.59. The van der Waals surface area contributed by atoms with Gasteiger partial charge in [-0.1, -0.05) is 6.92 Å². The van der Waals surface area contributed by atoms with Crippen molar-refractivity contribution in [3.63, 3.8) is 0 Å². The standard InChI is InChI=1S/C13H16BrNO3/c1-8-7-18-5-4-11(8)15-12-3-2-9(13(16)17)6-10(12)14/h2-3,6,8,11,15H,4-5,7H2,1H3,(H,16,17). The lowest BCUT2D eigenvalue weighted by Crippen LogP contribution is -2.36. The molecule has 0 spiro atoms. The van der Waals surface area contributed by atoms with E-state index >= 15 is 0 Å². The van der Waals surface area contributed by atoms with Gasteiger partial charge in [-0.15, -0.1) is 0 Å². The van der Waals surface area contributed by atoms with Crippen LogP contribution in [-0.2, 0) is 4.74 Å². The summed E-state index contributed by atoms with van der Waals surface area (Å²) < 4.78 is 6.18. The molecule has 0 saturated carbocycles. The molecule has 1 heterocycles. The molecular weight excluding hydrogens is 298 g/mol. The predicted molar refractivity (Wildman–Crippen MR) is 73.1 cm³/mol. The van der Waals surface area contributed by atoms with Gasteiger partial charge in [-0.2, -0.15) is 0 Å². The van der Waals surface area contributed by atoms with Crippen LogP contribution < -0.4 is 5.32 Å². The van der Waals surface area contributed by atoms with Crippen molar-refractivity contribution in [1.82, 2.24) is 0 Å². The Kier molecular flexibility index (Phi) is 4.24. The Morgan fingerprint density at radius 3 is 2.94 bits per heavy atom. The minimum atomic E-state index is -0.915. The summed E-state index contributed by atoms with van der Waals surface area (Å²) in [7, 11) is 0. The summed E-state index contributed by atoms with van der Waals surface area (Å²) in [6.07, 6.45) is 0.967. The Balaban J connectivity index is 2.11. The summed E-state index contributed by atoms with van der Waals surface area (Å²) in [5.41, 5.74) is 1.21. The number of carboxylic acids is 1. The third-order valence-corrected chi connectivity index (χ3v) is 3.85. The van der Waals surface area contributed by atoms with Crippen molar-refractivity contribution in [2.45, 2.75) is 19.4 Å². The Labute approximate surface area is 114 Å². The number of rotatable bonds is 3. The number of ether oxygens (including phenoxy) is 1. The molecule has 0 aromatic heterocycles. The average Bonchev–Trinajstić information content (AvgIpc) is 2.34. The fourth-order valence-corrected chi connectivity index (χ4v) is 2.55. The quantitative estimate of drug-likeness (QED) is 0.900. The van der Waals surface area contributed by atoms with Gasteiger partial charge >= 0.3 is 5.97 Å². The number of carboxylic acid groups (broad SMARTS) is 1. The van der Waals surface area contributed by atoms with E-state index in [2.05, 4.69) is 28.2 Å². The molecule has 0 amide bonds. The highest BCUT2D eigenvalue weighted by Crippen LogP contribution is 2.27. The maximum absolute atomic E-state index is 10.8. The smallest absolute Gasteiger partial charge is 0.335 e. The van der Waals surface area contributed by atoms with E-state index in [1.54, 1.807) is 18.2 Å². The maximum atomic E-state index is 10.8. The van der Waals surface area contributed by atoms with Crippen LogP contribution >= 0.6 is 15.9 Å². The van der Waals surface area contributed by atoms with Gasteiger partial charge in [-0.25, -0.2) is 4.79 Å². The fraction of sp³-hybridized carbons (Fsp3) is 0.462. The van der Waals surface area contributed by atoms with Gasteiger partial charge in [0.1, 0.15) is 0 Å². The van der Waals surface area contributed by atoms with Crippen LogP contribution in [0.15, 0.2) is 22.7 Å². The van der Waals surface area contributed by atoms with Crippen LogP contribution in [0.25, 0.3) is 0 Å². The van der Waals surface area contributed by atoms with Gasteiger partial charge in [0.15, 0.2) is 0 Å². The first-order valence-corrected chi connectivity index (χ1v) is 6.74. The minimum Gasteiger partial charge on any atom is -0.478 e. The SMILES string of the molecule is CC1COCCC1Nc1ccc(C(=O)O)cc1Br. The molecule has 0 radical (unpaired) electrons. The van der Waals surface area contributed by atoms with Gasteiger partial charge in [0, 0.05) is 22.8 Å². The molecule has 1 aromatic carbocycles. The molecule has 1 saturated heterocycles. The van der Waals surface area contributed by atoms with Gasteiger partial charge in [0.05, 0.1) is 12.2 Å². The molecule has 0 bridgehead atoms. The van der Waals surface area contributed by atoms with Crippen LogP contribution in [0.4, 0.5) is 5.69 Å². The monoisotopic (exact) mass is 313 g/mol. The van der Waals surface area contributed by atoms with Gasteiger partial charge < -0.3 is 15.2 Å². The van der Waals surface area contributed by atoms with Crippen molar-refractivity contribution >= 4 is 27.6 Å². The van der Waals surface area contributed by atoms with E-state index in [0.717, 1.165) is 29.8 Å². The molecule has 2 N–H and O–H groups in total. The first-order valence-electron chi connectivity index (χ1n) is 5.95. The van der Waals surface area contributed by atoms with E-state index in [0.29, 0.717) is 12.0 Å². The summed E-state index contributed by atoms with van der Waals surface area (Å²) in [5, 5.41) is 12.4. The third-order valence-electron chi connectivity index (χ3n) is 3.20. The third kappa shape index (κ3) is 3.03. The van der Waals surface area contributed by atoms with E-state index in [1.807, 2.05) is 0 Å². The summed E-state index contributed by atoms with van der Waals surface area (Å²) >= 11 is 3.41. The van der Waals surface area contributed by atoms with Crippen molar-refractivity contribution in [3.05, 3.63) is 28.2 Å². The number of carbonyl (C=O) groups is 1. The fourth-order valence-electron chi connectivity index (χ4n) is 2.06. The van der Waals surface area contributed by atoms with Crippen molar-refractivity contribution in [2.75, 3.05) is 18.5 Å². The Hall–Kier alpha value is -1.07. The number of hydrogen-bond donors (Lipinski definition) is 2. The molecule has 1 fully saturated rings. The highest BCUT2D eigenvalue weighted by Gasteiger charge is 2.22. The van der Waals surface area contributed by atoms with Crippen molar-refractivity contribution in [3.8, 4) is 0 Å². The number of benzene rings is 1. The van der Waals surface area contributed by atoms with E-state index < -0.39 is 5.97 Å². The van der Waals surface area contributed by atoms with Crippen LogP contribution in [0.1, 0.15) is 23.7 Å². The predicted octanol–water partition coefficient (Wildman–Crippen LogP) is 2.98. The zero-order chi connectivity index (χ0) is 13.1. The number of nitrogens with one attached hydrogen (secondary N) is 1. The highest BCUT2D eigenvalue weighted by atomic mass is 79.9. The molecule has 18 heavy (non-hydrogen) atoms. The summed E-state index contributed by atoms with van der Waals surface area (Å²) in [4.78, 5) is 10.8. The van der Waals surface area contributed by atoms with Crippen molar-refractivity contribution in [1.29, 1.82) is 0 Å². The van der Waals surface area contributed by atoms with Crippen molar-refractivity contribution < 1.29 is 14.6 Å². The van der Waals surface area contributed by atoms with Crippen LogP contribution in [0.5, 0.6) is 0 Å². The number of aromatic carboxylic acids is 1. The Morgan fingerprint density at radius 2 is 2.33 bits per heavy atom. The number of halogens is 1. The van der Waals surface area contributed by atoms with Crippen LogP contribution in [0.2, 0.25) is 0 Å². The molecule has 1 aliphatic heterocycles. The molecule has 2 rings (SSSR count).